The van der Waals surface area contributed by atoms with E-state index < -0.39 is 0 Å². The Morgan fingerprint density at radius 3 is 2.75 bits per heavy atom. The normalized spacial score (nSPS) is 12.3. The molecule has 1 aromatic rings. The molecule has 0 saturated carbocycles. The van der Waals surface area contributed by atoms with E-state index in [1.54, 1.807) is 11.3 Å². The Kier molecular flexibility index (Phi) is 5.38. The lowest BCUT2D eigenvalue weighted by molar-refractivity contribution is 0.176. The predicted molar refractivity (Wildman–Crippen MR) is 70.5 cm³/mol. The van der Waals surface area contributed by atoms with Crippen molar-refractivity contribution < 1.29 is 0 Å². The summed E-state index contributed by atoms with van der Waals surface area (Å²) in [5.41, 5.74) is 5.97. The van der Waals surface area contributed by atoms with E-state index in [0.29, 0.717) is 0 Å². The van der Waals surface area contributed by atoms with E-state index in [9.17, 15) is 0 Å². The van der Waals surface area contributed by atoms with E-state index in [2.05, 4.69) is 30.7 Å². The fraction of sp³-hybridized carbons (Fsp3) is 0.750. The maximum Gasteiger partial charge on any atom is 0.107 e. The lowest BCUT2D eigenvalue weighted by Gasteiger charge is -2.31. The highest BCUT2D eigenvalue weighted by Gasteiger charge is 2.20. The smallest absolute Gasteiger partial charge is 0.107 e. The summed E-state index contributed by atoms with van der Waals surface area (Å²) in [6.07, 6.45) is 3.05. The van der Waals surface area contributed by atoms with Crippen molar-refractivity contribution in [3.05, 3.63) is 16.6 Å². The number of rotatable bonds is 7. The zero-order valence-electron chi connectivity index (χ0n) is 10.6. The summed E-state index contributed by atoms with van der Waals surface area (Å²) in [5.74, 6) is 0. The van der Waals surface area contributed by atoms with Gasteiger partial charge in [-0.25, -0.2) is 4.98 Å². The van der Waals surface area contributed by atoms with Gasteiger partial charge in [-0.3, -0.25) is 4.90 Å². The van der Waals surface area contributed by atoms with E-state index in [-0.39, 0.29) is 5.41 Å². The van der Waals surface area contributed by atoms with E-state index >= 15 is 0 Å². The fourth-order valence-electron chi connectivity index (χ4n) is 1.72. The van der Waals surface area contributed by atoms with Gasteiger partial charge in [-0.15, -0.1) is 11.3 Å². The highest BCUT2D eigenvalue weighted by molar-refractivity contribution is 7.09. The molecule has 0 aliphatic heterocycles. The SMILES string of the molecule is CCCN(Cc1nccs1)CC(C)(C)CN. The van der Waals surface area contributed by atoms with Crippen molar-refractivity contribution in [1.82, 2.24) is 9.88 Å². The molecular formula is C12H23N3S. The molecule has 1 aromatic heterocycles. The van der Waals surface area contributed by atoms with E-state index in [4.69, 9.17) is 5.73 Å². The van der Waals surface area contributed by atoms with Gasteiger partial charge < -0.3 is 5.73 Å². The second kappa shape index (κ2) is 6.33. The van der Waals surface area contributed by atoms with Gasteiger partial charge in [0.2, 0.25) is 0 Å². The van der Waals surface area contributed by atoms with Crippen molar-refractivity contribution in [1.29, 1.82) is 0 Å². The minimum Gasteiger partial charge on any atom is -0.330 e. The Bertz CT molecular complexity index is 282. The zero-order valence-corrected chi connectivity index (χ0v) is 11.4. The number of nitrogens with zero attached hydrogens (tertiary/aromatic N) is 2. The van der Waals surface area contributed by atoms with E-state index in [0.717, 1.165) is 26.2 Å². The van der Waals surface area contributed by atoms with Gasteiger partial charge in [0.1, 0.15) is 5.01 Å². The molecule has 0 saturated heterocycles. The van der Waals surface area contributed by atoms with Gasteiger partial charge in [-0.05, 0) is 24.9 Å². The van der Waals surface area contributed by atoms with Crippen molar-refractivity contribution in [2.24, 2.45) is 11.1 Å². The van der Waals surface area contributed by atoms with Crippen molar-refractivity contribution in [2.45, 2.75) is 33.7 Å². The van der Waals surface area contributed by atoms with Crippen molar-refractivity contribution in [2.75, 3.05) is 19.6 Å². The average Bonchev–Trinajstić information content (AvgIpc) is 2.70. The van der Waals surface area contributed by atoms with Crippen LogP contribution in [0.2, 0.25) is 0 Å². The minimum absolute atomic E-state index is 0.187. The molecule has 0 radical (unpaired) electrons. The predicted octanol–water partition coefficient (Wildman–Crippen LogP) is 2.34. The van der Waals surface area contributed by atoms with E-state index in [1.165, 1.54) is 11.4 Å². The van der Waals surface area contributed by atoms with Crippen LogP contribution < -0.4 is 5.73 Å². The Morgan fingerprint density at radius 2 is 2.25 bits per heavy atom. The molecule has 1 heterocycles. The first-order valence-electron chi connectivity index (χ1n) is 5.88. The van der Waals surface area contributed by atoms with Crippen molar-refractivity contribution in [3.8, 4) is 0 Å². The maximum absolute atomic E-state index is 5.78. The van der Waals surface area contributed by atoms with Gasteiger partial charge in [0, 0.05) is 18.1 Å². The Balaban J connectivity index is 2.54. The largest absolute Gasteiger partial charge is 0.330 e. The molecular weight excluding hydrogens is 218 g/mol. The Labute approximate surface area is 103 Å². The summed E-state index contributed by atoms with van der Waals surface area (Å²) in [7, 11) is 0. The number of nitrogens with two attached hydrogens (primary N) is 1. The molecule has 0 aliphatic rings. The highest BCUT2D eigenvalue weighted by atomic mass is 32.1. The summed E-state index contributed by atoms with van der Waals surface area (Å²) in [5, 5.41) is 3.23. The quantitative estimate of drug-likeness (QED) is 0.796. The summed E-state index contributed by atoms with van der Waals surface area (Å²) >= 11 is 1.73. The highest BCUT2D eigenvalue weighted by Crippen LogP contribution is 2.17. The molecule has 0 bridgehead atoms. The van der Waals surface area contributed by atoms with Crippen LogP contribution in [0.5, 0.6) is 0 Å². The minimum atomic E-state index is 0.187. The second-order valence-corrected chi connectivity index (χ2v) is 5.98. The molecule has 3 nitrogen and oxygen atoms in total. The first-order chi connectivity index (χ1) is 7.57. The maximum atomic E-state index is 5.78. The monoisotopic (exact) mass is 241 g/mol. The molecule has 0 aliphatic carbocycles. The number of aromatic nitrogens is 1. The molecule has 4 heteroatoms. The van der Waals surface area contributed by atoms with Crippen LogP contribution in [0.25, 0.3) is 0 Å². The second-order valence-electron chi connectivity index (χ2n) is 5.00. The van der Waals surface area contributed by atoms with Gasteiger partial charge in [-0.2, -0.15) is 0 Å². The van der Waals surface area contributed by atoms with Gasteiger partial charge in [0.25, 0.3) is 0 Å². The molecule has 16 heavy (non-hydrogen) atoms. The topological polar surface area (TPSA) is 42.2 Å². The third kappa shape index (κ3) is 4.60. The average molecular weight is 241 g/mol. The molecule has 0 spiro atoms. The standard InChI is InChI=1S/C12H23N3S/c1-4-6-15(10-12(2,3)9-13)8-11-14-5-7-16-11/h5,7H,4,6,8-10,13H2,1-3H3. The van der Waals surface area contributed by atoms with Crippen LogP contribution in [0, 0.1) is 5.41 Å². The lowest BCUT2D eigenvalue weighted by atomic mass is 9.93. The summed E-state index contributed by atoms with van der Waals surface area (Å²) < 4.78 is 0. The molecule has 0 unspecified atom stereocenters. The van der Waals surface area contributed by atoms with Crippen LogP contribution in [0.4, 0.5) is 0 Å². The zero-order chi connectivity index (χ0) is 12.0. The van der Waals surface area contributed by atoms with E-state index in [1.807, 2.05) is 11.6 Å². The number of hydrogen-bond donors (Lipinski definition) is 1. The van der Waals surface area contributed by atoms with Crippen LogP contribution in [0.3, 0.4) is 0 Å². The molecule has 0 fully saturated rings. The Morgan fingerprint density at radius 1 is 1.50 bits per heavy atom. The van der Waals surface area contributed by atoms with Crippen molar-refractivity contribution >= 4 is 11.3 Å². The van der Waals surface area contributed by atoms with Crippen LogP contribution in [-0.4, -0.2) is 29.5 Å². The molecule has 0 atom stereocenters. The molecule has 0 aromatic carbocycles. The third-order valence-corrected chi connectivity index (χ3v) is 3.35. The Hall–Kier alpha value is -0.450. The number of thiazole rings is 1. The van der Waals surface area contributed by atoms with Crippen LogP contribution in [0.15, 0.2) is 11.6 Å². The molecule has 1 rings (SSSR count). The van der Waals surface area contributed by atoms with Crippen LogP contribution >= 0.6 is 11.3 Å². The molecule has 2 N–H and O–H groups in total. The summed E-state index contributed by atoms with van der Waals surface area (Å²) in [4.78, 5) is 6.79. The molecule has 92 valence electrons. The van der Waals surface area contributed by atoms with Gasteiger partial charge in [0.15, 0.2) is 0 Å². The summed E-state index contributed by atoms with van der Waals surface area (Å²) in [6.45, 7) is 10.5. The summed E-state index contributed by atoms with van der Waals surface area (Å²) in [6, 6.07) is 0. The third-order valence-electron chi connectivity index (χ3n) is 2.59. The van der Waals surface area contributed by atoms with Gasteiger partial charge in [-0.1, -0.05) is 20.8 Å². The van der Waals surface area contributed by atoms with Crippen LogP contribution in [0.1, 0.15) is 32.2 Å². The van der Waals surface area contributed by atoms with Gasteiger partial charge in [0.05, 0.1) is 6.54 Å². The van der Waals surface area contributed by atoms with Gasteiger partial charge >= 0.3 is 0 Å². The number of hydrogen-bond acceptors (Lipinski definition) is 4. The van der Waals surface area contributed by atoms with Crippen molar-refractivity contribution in [3.63, 3.8) is 0 Å². The van der Waals surface area contributed by atoms with Crippen LogP contribution in [-0.2, 0) is 6.54 Å². The first-order valence-corrected chi connectivity index (χ1v) is 6.76. The molecule has 0 amide bonds. The fourth-order valence-corrected chi connectivity index (χ4v) is 2.38. The first kappa shape index (κ1) is 13.6. The lowest BCUT2D eigenvalue weighted by Crippen LogP contribution is -2.38.